The van der Waals surface area contributed by atoms with Gasteiger partial charge >= 0.3 is 12.2 Å². The minimum atomic E-state index is -5.79. The molecule has 28 nitrogen and oxygen atoms in total. The first-order valence-electron chi connectivity index (χ1n) is 11.4. The summed E-state index contributed by atoms with van der Waals surface area (Å²) < 4.78 is -0.674. The summed E-state index contributed by atoms with van der Waals surface area (Å²) in [6.45, 7) is 0. The zero-order valence-electron chi connectivity index (χ0n) is 21.5. The van der Waals surface area contributed by atoms with E-state index in [0.29, 0.717) is 5.32 Å². The van der Waals surface area contributed by atoms with Gasteiger partial charge in [0.1, 0.15) is 5.52 Å². The number of carbonyl (C=O) groups excluding carboxylic acids is 1. The van der Waals surface area contributed by atoms with Crippen molar-refractivity contribution in [3.63, 3.8) is 0 Å². The maximum Gasteiger partial charge on any atom is 0.389 e. The van der Waals surface area contributed by atoms with Gasteiger partial charge in [0.05, 0.1) is 5.39 Å². The average Bonchev–Trinajstić information content (AvgIpc) is 3.29. The van der Waals surface area contributed by atoms with Gasteiger partial charge in [0.15, 0.2) is 17.2 Å². The van der Waals surface area contributed by atoms with Crippen LogP contribution in [0.2, 0.25) is 0 Å². The molecule has 1 amide bonds. The van der Waals surface area contributed by atoms with Gasteiger partial charge in [0.2, 0.25) is 22.9 Å². The summed E-state index contributed by atoms with van der Waals surface area (Å²) in [6, 6.07) is 0. The summed E-state index contributed by atoms with van der Waals surface area (Å²) in [5.41, 5.74) is -20.5. The molecule has 2 bridgehead atoms. The number of phenols is 4. The largest absolute Gasteiger partial charge is 0.504 e. The van der Waals surface area contributed by atoms with Crippen LogP contribution in [0.25, 0.3) is 10.9 Å². The molecular weight excluding hydrogens is 656 g/mol. The van der Waals surface area contributed by atoms with Gasteiger partial charge < -0.3 is 123 Å². The number of amides is 1. The van der Waals surface area contributed by atoms with Crippen LogP contribution in [0.1, 0.15) is 10.5 Å². The summed E-state index contributed by atoms with van der Waals surface area (Å²) in [5.74, 6) is -38.3. The number of nitrogens with one attached hydrogen (secondary N) is 1. The molecule has 1 aromatic heterocycles. The topological polar surface area (TPSA) is 515 Å². The maximum atomic E-state index is 13.3. The summed E-state index contributed by atoms with van der Waals surface area (Å²) in [5, 5.41) is 238. The van der Waals surface area contributed by atoms with Crippen LogP contribution < -0.4 is 5.32 Å². The van der Waals surface area contributed by atoms with Crippen LogP contribution in [0.4, 0.5) is 0 Å². The summed E-state index contributed by atoms with van der Waals surface area (Å²) in [6.07, 6.45) is -9.79. The summed E-state index contributed by atoms with van der Waals surface area (Å²) in [4.78, 5) is 11.3. The molecule has 4 rings (SSSR count). The fraction of sp³-hybridized carbons (Fsp3) is 0.556. The van der Waals surface area contributed by atoms with Gasteiger partial charge in [-0.15, -0.1) is 4.90 Å². The molecule has 1 aromatic carbocycles. The molecule has 260 valence electrons. The lowest BCUT2D eigenvalue weighted by atomic mass is 9.59. The monoisotopic (exact) mass is 680 g/mol. The van der Waals surface area contributed by atoms with Crippen molar-refractivity contribution < 1.29 is 122 Å². The molecule has 2 fully saturated rings. The predicted molar refractivity (Wildman–Crippen MR) is 120 cm³/mol. The Morgan fingerprint density at radius 2 is 0.957 bits per heavy atom. The van der Waals surface area contributed by atoms with Crippen LogP contribution >= 0.6 is 0 Å². The number of nitrogens with zero attached hydrogens (tertiary/aromatic N) is 3. The highest BCUT2D eigenvalue weighted by Gasteiger charge is 3.02. The van der Waals surface area contributed by atoms with Gasteiger partial charge in [-0.05, 0) is 0 Å². The number of piperidine rings is 2. The smallest absolute Gasteiger partial charge is 0.389 e. The quantitative estimate of drug-likeness (QED) is 0.0809. The van der Waals surface area contributed by atoms with E-state index >= 15 is 0 Å². The lowest BCUT2D eigenvalue weighted by Gasteiger charge is -2.75. The molecule has 2 aliphatic heterocycles. The van der Waals surface area contributed by atoms with Crippen molar-refractivity contribution in [3.8, 4) is 23.0 Å². The Hall–Kier alpha value is -3.44. The number of aromatic nitrogens is 2. The highest BCUT2D eigenvalue weighted by molar-refractivity contribution is 6.10. The SMILES string of the molecule is O=C(NC1(O)C(O)(O)C2(O)N(C(O)(O)O)C(O)(C(O)(O)C(O)(O)C2(O)O)C1(O)O)c1nn(C(O)(O)O)c2c(O)c(O)c(O)c(O)c12. The molecule has 28 heteroatoms. The Kier molecular flexibility index (Phi) is 6.71. The van der Waals surface area contributed by atoms with Crippen molar-refractivity contribution in [3.05, 3.63) is 5.69 Å². The standard InChI is InChI=1S/C18H24N4O24/c23-4-1-2(20-21(17(41,42)43)3(1)5(24)7(26)6(4)25)8(27)19-9(28)12(31,32)10(29)14(35,36)16(39,40)15(37,38)11(30,13(9,33)34)22(10)18(44,45)46/h23-26,28-46H,(H,19,27). The summed E-state index contributed by atoms with van der Waals surface area (Å²) >= 11 is 0. The van der Waals surface area contributed by atoms with Gasteiger partial charge in [0.25, 0.3) is 40.6 Å². The third-order valence-electron chi connectivity index (χ3n) is 7.69. The maximum absolute atomic E-state index is 13.3. The molecule has 0 spiro atoms. The number of phenolic OH excluding ortho intramolecular Hbond substituents is 4. The van der Waals surface area contributed by atoms with Crippen molar-refractivity contribution in [2.45, 2.75) is 58.3 Å². The highest BCUT2D eigenvalue weighted by atomic mass is 16.8. The van der Waals surface area contributed by atoms with Crippen LogP contribution in [0, 0.1) is 0 Å². The van der Waals surface area contributed by atoms with Crippen LogP contribution in [-0.4, -0.2) is 190 Å². The van der Waals surface area contributed by atoms with Gasteiger partial charge in [-0.2, -0.15) is 9.78 Å². The van der Waals surface area contributed by atoms with E-state index in [1.165, 1.54) is 0 Å². The minimum absolute atomic E-state index is 0.643. The van der Waals surface area contributed by atoms with Gasteiger partial charge in [-0.1, -0.05) is 0 Å². The highest BCUT2D eigenvalue weighted by Crippen LogP contribution is 2.65. The number of aliphatic hydroxyl groups is 19. The zero-order valence-corrected chi connectivity index (χ0v) is 21.5. The molecule has 46 heavy (non-hydrogen) atoms. The molecule has 0 aliphatic carbocycles. The van der Waals surface area contributed by atoms with Crippen LogP contribution in [-0.2, 0) is 6.10 Å². The number of rotatable bonds is 4. The van der Waals surface area contributed by atoms with Crippen LogP contribution in [0.5, 0.6) is 23.0 Å². The number of benzene rings is 1. The molecule has 0 saturated carbocycles. The third kappa shape index (κ3) is 3.35. The van der Waals surface area contributed by atoms with E-state index in [1.54, 1.807) is 0 Å². The number of hydrogen-bond acceptors (Lipinski definition) is 26. The zero-order chi connectivity index (χ0) is 36.2. The first-order valence-corrected chi connectivity index (χ1v) is 11.4. The van der Waals surface area contributed by atoms with E-state index in [1.807, 2.05) is 0 Å². The van der Waals surface area contributed by atoms with Crippen molar-refractivity contribution in [1.82, 2.24) is 20.0 Å². The van der Waals surface area contributed by atoms with E-state index in [-0.39, 0.29) is 0 Å². The van der Waals surface area contributed by atoms with Crippen molar-refractivity contribution >= 4 is 16.8 Å². The van der Waals surface area contributed by atoms with E-state index in [9.17, 15) is 122 Å². The Morgan fingerprint density at radius 3 is 1.33 bits per heavy atom. The van der Waals surface area contributed by atoms with Crippen LogP contribution in [0.15, 0.2) is 0 Å². The van der Waals surface area contributed by atoms with E-state index < -0.39 is 113 Å². The lowest BCUT2D eigenvalue weighted by molar-refractivity contribution is -0.688. The fourth-order valence-corrected chi connectivity index (χ4v) is 5.34. The number of fused-ring (bicyclic) bond motifs is 3. The van der Waals surface area contributed by atoms with E-state index in [0.717, 1.165) is 0 Å². The first kappa shape index (κ1) is 35.4. The minimum Gasteiger partial charge on any atom is -0.504 e. The molecular formula is C18H24N4O24. The molecule has 3 heterocycles. The van der Waals surface area contributed by atoms with Gasteiger partial charge in [-0.3, -0.25) is 4.79 Å². The Morgan fingerprint density at radius 1 is 0.565 bits per heavy atom. The van der Waals surface area contributed by atoms with Crippen molar-refractivity contribution in [2.24, 2.45) is 0 Å². The van der Waals surface area contributed by atoms with Crippen LogP contribution in [0.3, 0.4) is 0 Å². The molecule has 2 saturated heterocycles. The van der Waals surface area contributed by atoms with Crippen molar-refractivity contribution in [1.29, 1.82) is 0 Å². The number of hydrogen-bond donors (Lipinski definition) is 24. The molecule has 24 N–H and O–H groups in total. The molecule has 2 aliphatic rings. The third-order valence-corrected chi connectivity index (χ3v) is 7.69. The van der Waals surface area contributed by atoms with Crippen molar-refractivity contribution in [2.75, 3.05) is 0 Å². The number of aromatic hydroxyl groups is 4. The second-order valence-electron chi connectivity index (χ2n) is 10.3. The normalized spacial score (nSPS) is 31.5. The van der Waals surface area contributed by atoms with Gasteiger partial charge in [0, 0.05) is 0 Å². The Balaban J connectivity index is 2.12. The van der Waals surface area contributed by atoms with E-state index in [2.05, 4.69) is 5.10 Å². The lowest BCUT2D eigenvalue weighted by Crippen LogP contribution is -3.09. The second-order valence-corrected chi connectivity index (χ2v) is 10.3. The first-order chi connectivity index (χ1) is 20.1. The molecule has 2 atom stereocenters. The van der Waals surface area contributed by atoms with Gasteiger partial charge in [-0.25, -0.2) is 0 Å². The molecule has 2 unspecified atom stereocenters. The molecule has 2 aromatic rings. The Bertz CT molecular complexity index is 1610. The fourth-order valence-electron chi connectivity index (χ4n) is 5.34. The summed E-state index contributed by atoms with van der Waals surface area (Å²) in [7, 11) is 0. The molecule has 0 radical (unpaired) electrons. The van der Waals surface area contributed by atoms with E-state index in [4.69, 9.17) is 0 Å². The number of carbonyl (C=O) groups is 1. The average molecular weight is 680 g/mol. The Labute approximate surface area is 246 Å². The second kappa shape index (κ2) is 8.72. The predicted octanol–water partition coefficient (Wildman–Crippen LogP) is -13.5.